The Morgan fingerprint density at radius 1 is 0.913 bits per heavy atom. The number of rotatable bonds is 3. The topological polar surface area (TPSA) is 69.7 Å². The molecule has 0 radical (unpaired) electrons. The zero-order valence-corrected chi connectivity index (χ0v) is 15.2. The number of thiophene rings is 2. The molecule has 0 atom stereocenters. The first-order valence-corrected chi connectivity index (χ1v) is 8.44. The van der Waals surface area contributed by atoms with E-state index in [0.717, 1.165) is 5.56 Å². The molecule has 2 heterocycles. The normalized spacial score (nSPS) is 9.61. The van der Waals surface area contributed by atoms with Gasteiger partial charge in [-0.1, -0.05) is 0 Å². The molecule has 0 unspecified atom stereocenters. The highest BCUT2D eigenvalue weighted by atomic mass is 32.1. The van der Waals surface area contributed by atoms with E-state index in [1.165, 1.54) is 43.8 Å². The smallest absolute Gasteiger partial charge is 0.338 e. The first kappa shape index (κ1) is 19.1. The highest BCUT2D eigenvalue weighted by Gasteiger charge is 2.16. The lowest BCUT2D eigenvalue weighted by atomic mass is 10.1. The van der Waals surface area contributed by atoms with Gasteiger partial charge in [-0.15, -0.1) is 11.3 Å². The molecule has 0 saturated heterocycles. The Kier molecular flexibility index (Phi) is 7.12. The van der Waals surface area contributed by atoms with Gasteiger partial charge in [0.15, 0.2) is 5.78 Å². The summed E-state index contributed by atoms with van der Waals surface area (Å²) in [4.78, 5) is 33.7. The van der Waals surface area contributed by atoms with Gasteiger partial charge in [0.25, 0.3) is 0 Å². The second-order valence-electron chi connectivity index (χ2n) is 4.61. The van der Waals surface area contributed by atoms with Crippen LogP contribution in [0.25, 0.3) is 0 Å². The van der Waals surface area contributed by atoms with Crippen molar-refractivity contribution in [1.82, 2.24) is 0 Å². The standard InChI is InChI=1S/C9H10O3S.C7H8O2S/c1-5-7(9(11)12-3)4-13-8(5)6(2)10;1-5-3-10-4-6(5)7(8)9-2/h4H,1-3H3;3-4H,1-2H3. The molecule has 2 aromatic rings. The zero-order chi connectivity index (χ0) is 17.6. The number of carbonyl (C=O) groups excluding carboxylic acids is 3. The molecule has 0 N–H and O–H groups in total. The van der Waals surface area contributed by atoms with E-state index in [9.17, 15) is 14.4 Å². The van der Waals surface area contributed by atoms with Crippen molar-refractivity contribution in [2.75, 3.05) is 14.2 Å². The van der Waals surface area contributed by atoms with Gasteiger partial charge >= 0.3 is 11.9 Å². The Hall–Kier alpha value is -1.99. The van der Waals surface area contributed by atoms with Gasteiger partial charge in [0.2, 0.25) is 0 Å². The number of aryl methyl sites for hydroxylation is 1. The maximum absolute atomic E-state index is 11.1. The lowest BCUT2D eigenvalue weighted by molar-refractivity contribution is 0.0591. The molecule has 0 aromatic carbocycles. The molecule has 0 aliphatic carbocycles. The number of ether oxygens (including phenoxy) is 2. The highest BCUT2D eigenvalue weighted by Crippen LogP contribution is 2.22. The fourth-order valence-electron chi connectivity index (χ4n) is 1.75. The molecule has 2 aromatic heterocycles. The number of hydrogen-bond acceptors (Lipinski definition) is 7. The summed E-state index contributed by atoms with van der Waals surface area (Å²) in [6, 6.07) is 0. The first-order chi connectivity index (χ1) is 10.8. The van der Waals surface area contributed by atoms with E-state index in [4.69, 9.17) is 0 Å². The maximum Gasteiger partial charge on any atom is 0.338 e. The number of hydrogen-bond donors (Lipinski definition) is 0. The van der Waals surface area contributed by atoms with E-state index in [0.29, 0.717) is 21.6 Å². The third-order valence-electron chi connectivity index (χ3n) is 3.03. The summed E-state index contributed by atoms with van der Waals surface area (Å²) in [6.45, 7) is 5.13. The quantitative estimate of drug-likeness (QED) is 0.618. The fourth-order valence-corrected chi connectivity index (χ4v) is 3.53. The van der Waals surface area contributed by atoms with Gasteiger partial charge in [-0.2, -0.15) is 11.3 Å². The van der Waals surface area contributed by atoms with Crippen molar-refractivity contribution in [2.24, 2.45) is 0 Å². The minimum Gasteiger partial charge on any atom is -0.465 e. The van der Waals surface area contributed by atoms with Crippen LogP contribution in [-0.2, 0) is 9.47 Å². The fraction of sp³-hybridized carbons (Fsp3) is 0.312. The zero-order valence-electron chi connectivity index (χ0n) is 13.6. The van der Waals surface area contributed by atoms with Crippen LogP contribution in [0.5, 0.6) is 0 Å². The monoisotopic (exact) mass is 354 g/mol. The number of methoxy groups -OCH3 is 2. The molecule has 5 nitrogen and oxygen atoms in total. The summed E-state index contributed by atoms with van der Waals surface area (Å²) < 4.78 is 9.11. The molecule has 0 bridgehead atoms. The Labute approximate surface area is 142 Å². The number of carbonyl (C=O) groups is 3. The molecule has 0 spiro atoms. The highest BCUT2D eigenvalue weighted by molar-refractivity contribution is 7.12. The molecular formula is C16H18O5S2. The van der Waals surface area contributed by atoms with E-state index in [2.05, 4.69) is 9.47 Å². The van der Waals surface area contributed by atoms with Crippen molar-refractivity contribution < 1.29 is 23.9 Å². The Morgan fingerprint density at radius 3 is 1.87 bits per heavy atom. The molecule has 124 valence electrons. The van der Waals surface area contributed by atoms with Crippen LogP contribution >= 0.6 is 22.7 Å². The molecule has 0 saturated carbocycles. The van der Waals surface area contributed by atoms with Crippen LogP contribution in [-0.4, -0.2) is 31.9 Å². The summed E-state index contributed by atoms with van der Waals surface area (Å²) in [5, 5.41) is 5.37. The van der Waals surface area contributed by atoms with E-state index >= 15 is 0 Å². The van der Waals surface area contributed by atoms with Crippen molar-refractivity contribution in [3.05, 3.63) is 43.3 Å². The average molecular weight is 354 g/mol. The van der Waals surface area contributed by atoms with Crippen LogP contribution in [0, 0.1) is 13.8 Å². The van der Waals surface area contributed by atoms with Crippen LogP contribution in [0.15, 0.2) is 16.1 Å². The number of Topliss-reactive ketones (excluding diaryl/α,β-unsaturated/α-hetero) is 1. The lowest BCUT2D eigenvalue weighted by Gasteiger charge is -1.97. The summed E-state index contributed by atoms with van der Waals surface area (Å²) in [5.41, 5.74) is 2.85. The van der Waals surface area contributed by atoms with Gasteiger partial charge in [-0.05, 0) is 37.3 Å². The average Bonchev–Trinajstić information content (AvgIpc) is 3.12. The van der Waals surface area contributed by atoms with Gasteiger partial charge in [0.05, 0.1) is 30.2 Å². The molecule has 23 heavy (non-hydrogen) atoms. The van der Waals surface area contributed by atoms with Gasteiger partial charge in [-0.3, -0.25) is 4.79 Å². The maximum atomic E-state index is 11.1. The number of esters is 2. The second-order valence-corrected chi connectivity index (χ2v) is 6.23. The molecule has 0 aliphatic rings. The summed E-state index contributed by atoms with van der Waals surface area (Å²) in [7, 11) is 2.71. The van der Waals surface area contributed by atoms with E-state index in [-0.39, 0.29) is 17.7 Å². The molecule has 0 fully saturated rings. The summed E-state index contributed by atoms with van der Waals surface area (Å²) in [5.74, 6) is -0.655. The molecule has 2 rings (SSSR count). The predicted molar refractivity (Wildman–Crippen MR) is 90.8 cm³/mol. The summed E-state index contributed by atoms with van der Waals surface area (Å²) in [6.07, 6.45) is 0. The van der Waals surface area contributed by atoms with Gasteiger partial charge < -0.3 is 9.47 Å². The minimum absolute atomic E-state index is 0.0161. The van der Waals surface area contributed by atoms with E-state index < -0.39 is 0 Å². The molecule has 0 aliphatic heterocycles. The molecule has 0 amide bonds. The van der Waals surface area contributed by atoms with Gasteiger partial charge in [0.1, 0.15) is 0 Å². The van der Waals surface area contributed by atoms with Crippen LogP contribution < -0.4 is 0 Å². The van der Waals surface area contributed by atoms with Crippen LogP contribution in [0.4, 0.5) is 0 Å². The van der Waals surface area contributed by atoms with Crippen molar-refractivity contribution >= 4 is 40.4 Å². The minimum atomic E-state index is -0.388. The Morgan fingerprint density at radius 2 is 1.48 bits per heavy atom. The van der Waals surface area contributed by atoms with Crippen molar-refractivity contribution in [3.63, 3.8) is 0 Å². The lowest BCUT2D eigenvalue weighted by Crippen LogP contribution is -2.02. The summed E-state index contributed by atoms with van der Waals surface area (Å²) >= 11 is 2.79. The van der Waals surface area contributed by atoms with Crippen LogP contribution in [0.1, 0.15) is 48.4 Å². The van der Waals surface area contributed by atoms with Crippen molar-refractivity contribution in [2.45, 2.75) is 20.8 Å². The van der Waals surface area contributed by atoms with E-state index in [1.54, 1.807) is 17.7 Å². The largest absolute Gasteiger partial charge is 0.465 e. The molecule has 7 heteroatoms. The molecular weight excluding hydrogens is 336 g/mol. The SMILES string of the molecule is COC(=O)c1csc(C(C)=O)c1C.COC(=O)c1cscc1C. The second kappa shape index (κ2) is 8.59. The predicted octanol–water partition coefficient (Wildman–Crippen LogP) is 3.89. The van der Waals surface area contributed by atoms with Crippen LogP contribution in [0.3, 0.4) is 0 Å². The third kappa shape index (κ3) is 4.74. The van der Waals surface area contributed by atoms with Gasteiger partial charge in [-0.25, -0.2) is 9.59 Å². The van der Waals surface area contributed by atoms with E-state index in [1.807, 2.05) is 12.3 Å². The number of ketones is 1. The van der Waals surface area contributed by atoms with Crippen molar-refractivity contribution in [1.29, 1.82) is 0 Å². The van der Waals surface area contributed by atoms with Crippen LogP contribution in [0.2, 0.25) is 0 Å². The van der Waals surface area contributed by atoms with Gasteiger partial charge in [0, 0.05) is 10.8 Å². The van der Waals surface area contributed by atoms with Crippen molar-refractivity contribution in [3.8, 4) is 0 Å². The third-order valence-corrected chi connectivity index (χ3v) is 5.07. The Balaban J connectivity index is 0.000000238. The Bertz CT molecular complexity index is 712. The first-order valence-electron chi connectivity index (χ1n) is 6.61.